The van der Waals surface area contributed by atoms with Crippen LogP contribution >= 0.6 is 0 Å². The minimum Gasteiger partial charge on any atom is -0.468 e. The number of hydrogen-bond donors (Lipinski definition) is 0. The molecule has 4 rings (SSSR count). The first-order valence-electron chi connectivity index (χ1n) is 8.14. The molecule has 5 heteroatoms. The number of methoxy groups -OCH3 is 1. The van der Waals surface area contributed by atoms with Gasteiger partial charge in [0.25, 0.3) is 0 Å². The molecule has 0 N–H and O–H groups in total. The van der Waals surface area contributed by atoms with E-state index in [9.17, 15) is 14.0 Å². The van der Waals surface area contributed by atoms with Crippen LogP contribution in [0.25, 0.3) is 0 Å². The highest BCUT2D eigenvalue weighted by Crippen LogP contribution is 2.73. The van der Waals surface area contributed by atoms with E-state index in [0.717, 1.165) is 11.3 Å². The van der Waals surface area contributed by atoms with Crippen LogP contribution in [0.2, 0.25) is 0 Å². The molecule has 0 spiro atoms. The van der Waals surface area contributed by atoms with E-state index >= 15 is 0 Å². The predicted octanol–water partition coefficient (Wildman–Crippen LogP) is 2.94. The van der Waals surface area contributed by atoms with E-state index in [2.05, 4.69) is 0 Å². The fourth-order valence-electron chi connectivity index (χ4n) is 4.81. The lowest BCUT2D eigenvalue weighted by Gasteiger charge is -2.28. The molecular weight excluding hydrogens is 321 g/mol. The van der Waals surface area contributed by atoms with E-state index in [0.29, 0.717) is 5.56 Å². The number of hydrogen-bond acceptors (Lipinski definition) is 3. The molecule has 1 fully saturated rings. The number of fused-ring (bicyclic) bond motifs is 3. The number of carbonyl (C=O) groups excluding carboxylic acids is 2. The maximum Gasteiger partial charge on any atom is 0.319 e. The lowest BCUT2D eigenvalue weighted by molar-refractivity contribution is -0.144. The summed E-state index contributed by atoms with van der Waals surface area (Å²) in [5, 5.41) is 0. The molecule has 3 atom stereocenters. The molecule has 0 radical (unpaired) electrons. The van der Waals surface area contributed by atoms with Crippen molar-refractivity contribution in [1.29, 1.82) is 0 Å². The zero-order valence-electron chi connectivity index (χ0n) is 14.2. The average molecular weight is 339 g/mol. The van der Waals surface area contributed by atoms with Crippen molar-refractivity contribution in [3.63, 3.8) is 0 Å². The number of nitrogens with zero attached hydrogens (tertiary/aromatic N) is 1. The number of ether oxygens (including phenoxy) is 1. The smallest absolute Gasteiger partial charge is 0.319 e. The van der Waals surface area contributed by atoms with E-state index in [4.69, 9.17) is 4.74 Å². The summed E-state index contributed by atoms with van der Waals surface area (Å²) in [5.74, 6) is -1.02. The van der Waals surface area contributed by atoms with Crippen molar-refractivity contribution in [3.05, 3.63) is 65.5 Å². The second-order valence-corrected chi connectivity index (χ2v) is 6.82. The molecule has 4 nitrogen and oxygen atoms in total. The first kappa shape index (κ1) is 15.8. The quantitative estimate of drug-likeness (QED) is 0.791. The van der Waals surface area contributed by atoms with Gasteiger partial charge in [-0.3, -0.25) is 9.59 Å². The molecule has 2 aromatic rings. The number of para-hydroxylation sites is 1. The standard InChI is InChI=1S/C20H18FNO3/c1-12(23)22-16-10-5-4-9-15(16)19(2)17(22)20(19,18(24)25-3)13-7-6-8-14(21)11-13/h4-11,17H,1-3H3. The summed E-state index contributed by atoms with van der Waals surface area (Å²) in [6.07, 6.45) is 0. The maximum absolute atomic E-state index is 13.9. The van der Waals surface area contributed by atoms with Crippen molar-refractivity contribution in [2.75, 3.05) is 12.0 Å². The Bertz CT molecular complexity index is 911. The van der Waals surface area contributed by atoms with Crippen molar-refractivity contribution in [3.8, 4) is 0 Å². The average Bonchev–Trinajstić information content (AvgIpc) is 3.04. The van der Waals surface area contributed by atoms with Gasteiger partial charge in [0.15, 0.2) is 0 Å². The van der Waals surface area contributed by atoms with Gasteiger partial charge in [-0.05, 0) is 29.3 Å². The fraction of sp³-hybridized carbons (Fsp3) is 0.300. The molecule has 1 amide bonds. The van der Waals surface area contributed by atoms with Crippen molar-refractivity contribution in [2.45, 2.75) is 30.7 Å². The van der Waals surface area contributed by atoms with Crippen molar-refractivity contribution in [1.82, 2.24) is 0 Å². The molecule has 1 heterocycles. The molecule has 2 aliphatic rings. The van der Waals surface area contributed by atoms with Gasteiger partial charge >= 0.3 is 5.97 Å². The number of carbonyl (C=O) groups is 2. The number of amides is 1. The van der Waals surface area contributed by atoms with E-state index in [1.807, 2.05) is 31.2 Å². The fourth-order valence-corrected chi connectivity index (χ4v) is 4.81. The SMILES string of the molecule is COC(=O)C1(c2cccc(F)c2)C2N(C(C)=O)c3ccccc3C21C. The van der Waals surface area contributed by atoms with Gasteiger partial charge in [-0.25, -0.2) is 4.39 Å². The number of anilines is 1. The Hall–Kier alpha value is -2.69. The van der Waals surface area contributed by atoms with Crippen LogP contribution in [0.15, 0.2) is 48.5 Å². The van der Waals surface area contributed by atoms with Gasteiger partial charge in [-0.1, -0.05) is 37.3 Å². The molecule has 1 saturated carbocycles. The van der Waals surface area contributed by atoms with E-state index in [1.165, 1.54) is 26.2 Å². The minimum atomic E-state index is -1.11. The Labute approximate surface area is 145 Å². The Kier molecular flexibility index (Phi) is 3.11. The molecular formula is C20H18FNO3. The van der Waals surface area contributed by atoms with Crippen LogP contribution in [-0.2, 0) is 25.2 Å². The molecule has 128 valence electrons. The minimum absolute atomic E-state index is 0.150. The van der Waals surface area contributed by atoms with Crippen LogP contribution in [-0.4, -0.2) is 25.0 Å². The number of rotatable bonds is 2. The number of benzene rings is 2. The number of halogens is 1. The highest BCUT2D eigenvalue weighted by atomic mass is 19.1. The van der Waals surface area contributed by atoms with Gasteiger partial charge in [0.1, 0.15) is 11.2 Å². The Balaban J connectivity index is 2.01. The van der Waals surface area contributed by atoms with Crippen molar-refractivity contribution in [2.24, 2.45) is 0 Å². The largest absolute Gasteiger partial charge is 0.468 e. The first-order valence-corrected chi connectivity index (χ1v) is 8.14. The monoisotopic (exact) mass is 339 g/mol. The summed E-state index contributed by atoms with van der Waals surface area (Å²) >= 11 is 0. The van der Waals surface area contributed by atoms with Crippen LogP contribution in [0.5, 0.6) is 0 Å². The highest BCUT2D eigenvalue weighted by Gasteiger charge is 2.85. The van der Waals surface area contributed by atoms with Gasteiger partial charge in [-0.2, -0.15) is 0 Å². The molecule has 0 saturated heterocycles. The zero-order chi connectivity index (χ0) is 18.0. The van der Waals surface area contributed by atoms with Gasteiger partial charge in [0, 0.05) is 18.0 Å². The van der Waals surface area contributed by atoms with Gasteiger partial charge in [0.2, 0.25) is 5.91 Å². The molecule has 2 aromatic carbocycles. The number of esters is 1. The third-order valence-electron chi connectivity index (χ3n) is 5.80. The van der Waals surface area contributed by atoms with Crippen LogP contribution in [0.4, 0.5) is 10.1 Å². The molecule has 1 aliphatic carbocycles. The highest BCUT2D eigenvalue weighted by molar-refractivity contribution is 6.06. The zero-order valence-corrected chi connectivity index (χ0v) is 14.2. The Morgan fingerprint density at radius 1 is 1.16 bits per heavy atom. The molecule has 25 heavy (non-hydrogen) atoms. The first-order chi connectivity index (χ1) is 11.9. The van der Waals surface area contributed by atoms with E-state index in [-0.39, 0.29) is 5.91 Å². The molecule has 3 unspecified atom stereocenters. The van der Waals surface area contributed by atoms with Gasteiger partial charge in [0.05, 0.1) is 13.2 Å². The summed E-state index contributed by atoms with van der Waals surface area (Å²) in [6, 6.07) is 13.1. The van der Waals surface area contributed by atoms with E-state index < -0.39 is 28.7 Å². The lowest BCUT2D eigenvalue weighted by Crippen LogP contribution is -2.40. The summed E-state index contributed by atoms with van der Waals surface area (Å²) in [6.45, 7) is 3.43. The third kappa shape index (κ3) is 1.65. The lowest BCUT2D eigenvalue weighted by atomic mass is 9.81. The predicted molar refractivity (Wildman–Crippen MR) is 90.8 cm³/mol. The molecule has 1 aliphatic heterocycles. The normalized spacial score (nSPS) is 29.0. The van der Waals surface area contributed by atoms with Crippen LogP contribution in [0.1, 0.15) is 25.0 Å². The summed E-state index contributed by atoms with van der Waals surface area (Å²) < 4.78 is 19.0. The van der Waals surface area contributed by atoms with Crippen molar-refractivity contribution >= 4 is 17.6 Å². The van der Waals surface area contributed by atoms with Gasteiger partial charge in [-0.15, -0.1) is 0 Å². The van der Waals surface area contributed by atoms with Crippen LogP contribution < -0.4 is 4.90 Å². The second kappa shape index (κ2) is 4.91. The third-order valence-corrected chi connectivity index (χ3v) is 5.80. The van der Waals surface area contributed by atoms with Crippen LogP contribution in [0.3, 0.4) is 0 Å². The molecule has 0 aromatic heterocycles. The van der Waals surface area contributed by atoms with Crippen molar-refractivity contribution < 1.29 is 18.7 Å². The topological polar surface area (TPSA) is 46.6 Å². The summed E-state index contributed by atoms with van der Waals surface area (Å²) in [4.78, 5) is 27.0. The summed E-state index contributed by atoms with van der Waals surface area (Å²) in [7, 11) is 1.32. The Morgan fingerprint density at radius 2 is 1.88 bits per heavy atom. The Morgan fingerprint density at radius 3 is 2.52 bits per heavy atom. The maximum atomic E-state index is 13.9. The summed E-state index contributed by atoms with van der Waals surface area (Å²) in [5.41, 5.74) is 0.482. The second-order valence-electron chi connectivity index (χ2n) is 6.82. The van der Waals surface area contributed by atoms with Gasteiger partial charge < -0.3 is 9.64 Å². The van der Waals surface area contributed by atoms with E-state index in [1.54, 1.807) is 17.0 Å². The molecule has 0 bridgehead atoms. The van der Waals surface area contributed by atoms with Crippen LogP contribution in [0, 0.1) is 5.82 Å².